The summed E-state index contributed by atoms with van der Waals surface area (Å²) in [5.74, 6) is 0. The summed E-state index contributed by atoms with van der Waals surface area (Å²) in [5.41, 5.74) is 6.42. The van der Waals surface area contributed by atoms with E-state index in [-0.39, 0.29) is 0 Å². The number of thioether (sulfide) groups is 1. The Labute approximate surface area is 52.9 Å². The first kappa shape index (κ1) is 7.49. The fourth-order valence-corrected chi connectivity index (χ4v) is 0.578. The monoisotopic (exact) mass is 131 g/mol. The number of nitrogens with zero attached hydrogens (tertiary/aromatic N) is 1. The Morgan fingerprint density at radius 3 is 3.00 bits per heavy atom. The maximum atomic E-state index is 6.59. The highest BCUT2D eigenvalue weighted by atomic mass is 32.2. The molecule has 0 unspecified atom stereocenters. The lowest BCUT2D eigenvalue weighted by Crippen LogP contribution is -2.06. The molecule has 0 aliphatic heterocycles. The second kappa shape index (κ2) is 4.64. The van der Waals surface area contributed by atoms with Crippen molar-refractivity contribution in [2.45, 2.75) is 6.92 Å². The molecule has 46 valence electrons. The first-order valence-corrected chi connectivity index (χ1v) is 3.14. The molecule has 0 aromatic carbocycles. The Morgan fingerprint density at radius 2 is 2.62 bits per heavy atom. The first-order valence-electron chi connectivity index (χ1n) is 2.26. The molecule has 0 aromatic rings. The molecule has 0 radical (unpaired) electrons. The highest BCUT2D eigenvalue weighted by molar-refractivity contribution is 8.24. The van der Waals surface area contributed by atoms with Gasteiger partial charge in [-0.3, -0.25) is 4.99 Å². The Hall–Kier alpha value is -0.510. The van der Waals surface area contributed by atoms with Crippen LogP contribution in [0.3, 0.4) is 0 Å². The third kappa shape index (κ3) is 3.67. The summed E-state index contributed by atoms with van der Waals surface area (Å²) >= 11 is 1.13. The number of nitrogens with one attached hydrogen (secondary N) is 1. The number of hydrogen-bond acceptors (Lipinski definition) is 3. The van der Waals surface area contributed by atoms with E-state index in [9.17, 15) is 0 Å². The lowest BCUT2D eigenvalue weighted by Gasteiger charge is -1.88. The molecule has 3 nitrogen and oxygen atoms in total. The zero-order valence-corrected chi connectivity index (χ0v) is 5.53. The van der Waals surface area contributed by atoms with Crippen LogP contribution >= 0.6 is 11.8 Å². The number of amidine groups is 1. The predicted octanol–water partition coefficient (Wildman–Crippen LogP) is 0.661. The summed E-state index contributed by atoms with van der Waals surface area (Å²) < 4.78 is 0. The molecule has 0 saturated heterocycles. The summed E-state index contributed by atoms with van der Waals surface area (Å²) in [6.07, 6.45) is 0. The van der Waals surface area contributed by atoms with E-state index in [1.54, 1.807) is 0 Å². The molecule has 0 rings (SSSR count). The van der Waals surface area contributed by atoms with Gasteiger partial charge < -0.3 is 11.1 Å². The fourth-order valence-electron chi connectivity index (χ4n) is 0.253. The van der Waals surface area contributed by atoms with Crippen LogP contribution in [0.4, 0.5) is 0 Å². The van der Waals surface area contributed by atoms with Gasteiger partial charge in [-0.1, -0.05) is 0 Å². The van der Waals surface area contributed by atoms with Gasteiger partial charge in [0, 0.05) is 6.54 Å². The van der Waals surface area contributed by atoms with Crippen molar-refractivity contribution in [1.82, 2.24) is 0 Å². The zero-order valence-electron chi connectivity index (χ0n) is 4.72. The van der Waals surface area contributed by atoms with Crippen LogP contribution in [0.5, 0.6) is 0 Å². The summed E-state index contributed by atoms with van der Waals surface area (Å²) in [5, 5.41) is 7.05. The van der Waals surface area contributed by atoms with Gasteiger partial charge in [0.05, 0.1) is 5.55 Å². The second-order valence-corrected chi connectivity index (χ2v) is 1.94. The van der Waals surface area contributed by atoms with E-state index in [1.165, 1.54) is 0 Å². The molecule has 0 spiro atoms. The van der Waals surface area contributed by atoms with Crippen molar-refractivity contribution in [3.63, 3.8) is 0 Å². The molecule has 0 aliphatic carbocycles. The first-order chi connectivity index (χ1) is 3.81. The summed E-state index contributed by atoms with van der Waals surface area (Å²) in [6, 6.07) is 0. The lowest BCUT2D eigenvalue weighted by molar-refractivity contribution is 1.13. The van der Waals surface area contributed by atoms with Crippen LogP contribution in [0.25, 0.3) is 0 Å². The van der Waals surface area contributed by atoms with Crippen LogP contribution < -0.4 is 5.73 Å². The molecule has 0 fully saturated rings. The molecular weight excluding hydrogens is 122 g/mol. The number of hydrogen-bond donors (Lipinski definition) is 2. The minimum Gasteiger partial charge on any atom is -0.378 e. The van der Waals surface area contributed by atoms with Crippen molar-refractivity contribution < 1.29 is 0 Å². The SMILES string of the molecule is CCN=C(N)SC=N. The van der Waals surface area contributed by atoms with Crippen LogP contribution in [0.1, 0.15) is 6.92 Å². The van der Waals surface area contributed by atoms with Crippen LogP contribution in [0.2, 0.25) is 0 Å². The third-order valence-electron chi connectivity index (χ3n) is 0.494. The molecular formula is C4H9N3S. The maximum absolute atomic E-state index is 6.59. The molecule has 8 heavy (non-hydrogen) atoms. The number of aliphatic imine (C=N–C) groups is 1. The van der Waals surface area contributed by atoms with E-state index in [0.717, 1.165) is 17.3 Å². The van der Waals surface area contributed by atoms with Crippen LogP contribution in [0, 0.1) is 5.41 Å². The second-order valence-electron chi connectivity index (χ2n) is 1.05. The largest absolute Gasteiger partial charge is 0.378 e. The topological polar surface area (TPSA) is 62.2 Å². The van der Waals surface area contributed by atoms with Gasteiger partial charge in [0.15, 0.2) is 5.17 Å². The number of rotatable bonds is 2. The van der Waals surface area contributed by atoms with Crippen molar-refractivity contribution in [2.75, 3.05) is 6.54 Å². The normalized spacial score (nSPS) is 11.4. The smallest absolute Gasteiger partial charge is 0.159 e. The Morgan fingerprint density at radius 1 is 2.00 bits per heavy atom. The third-order valence-corrected chi connectivity index (χ3v) is 0.982. The molecule has 0 heterocycles. The molecule has 0 bridgehead atoms. The van der Waals surface area contributed by atoms with Crippen LogP contribution in [-0.2, 0) is 0 Å². The van der Waals surface area contributed by atoms with E-state index in [0.29, 0.717) is 11.7 Å². The molecule has 0 aromatic heterocycles. The summed E-state index contributed by atoms with van der Waals surface area (Å²) in [6.45, 7) is 2.59. The van der Waals surface area contributed by atoms with E-state index in [1.807, 2.05) is 6.92 Å². The van der Waals surface area contributed by atoms with Crippen molar-refractivity contribution in [2.24, 2.45) is 10.7 Å². The van der Waals surface area contributed by atoms with Gasteiger partial charge in [-0.05, 0) is 18.7 Å². The number of nitrogens with two attached hydrogens (primary N) is 1. The van der Waals surface area contributed by atoms with Crippen LogP contribution in [0.15, 0.2) is 4.99 Å². The molecule has 0 aliphatic rings. The quantitative estimate of drug-likeness (QED) is 0.427. The van der Waals surface area contributed by atoms with E-state index < -0.39 is 0 Å². The summed E-state index contributed by atoms with van der Waals surface area (Å²) in [7, 11) is 0. The zero-order chi connectivity index (χ0) is 6.41. The Kier molecular flexibility index (Phi) is 4.35. The molecule has 3 N–H and O–H groups in total. The lowest BCUT2D eigenvalue weighted by atomic mass is 10.8. The van der Waals surface area contributed by atoms with Gasteiger partial charge in [-0.25, -0.2) is 0 Å². The van der Waals surface area contributed by atoms with Gasteiger partial charge in [0.1, 0.15) is 0 Å². The van der Waals surface area contributed by atoms with E-state index in [2.05, 4.69) is 4.99 Å². The molecule has 0 atom stereocenters. The molecule has 0 saturated carbocycles. The van der Waals surface area contributed by atoms with E-state index >= 15 is 0 Å². The minimum atomic E-state index is 0.461. The van der Waals surface area contributed by atoms with Crippen molar-refractivity contribution in [1.29, 1.82) is 5.41 Å². The average Bonchev–Trinajstić information content (AvgIpc) is 1.68. The maximum Gasteiger partial charge on any atom is 0.159 e. The molecule has 0 amide bonds. The minimum absolute atomic E-state index is 0.461. The van der Waals surface area contributed by atoms with Crippen LogP contribution in [-0.4, -0.2) is 17.3 Å². The highest BCUT2D eigenvalue weighted by Crippen LogP contribution is 1.91. The predicted molar refractivity (Wildman–Crippen MR) is 38.5 cm³/mol. The fraction of sp³-hybridized carbons (Fsp3) is 0.500. The van der Waals surface area contributed by atoms with Gasteiger partial charge in [-0.2, -0.15) is 0 Å². The van der Waals surface area contributed by atoms with Crippen molar-refractivity contribution >= 4 is 22.5 Å². The van der Waals surface area contributed by atoms with Gasteiger partial charge >= 0.3 is 0 Å². The van der Waals surface area contributed by atoms with Gasteiger partial charge in [0.25, 0.3) is 0 Å². The Bertz CT molecular complexity index is 99.5. The summed E-state index contributed by atoms with van der Waals surface area (Å²) in [4.78, 5) is 3.82. The Balaban J connectivity index is 3.44. The van der Waals surface area contributed by atoms with Crippen molar-refractivity contribution in [3.05, 3.63) is 0 Å². The van der Waals surface area contributed by atoms with E-state index in [4.69, 9.17) is 11.1 Å². The van der Waals surface area contributed by atoms with Crippen molar-refractivity contribution in [3.8, 4) is 0 Å². The standard InChI is InChI=1S/C4H9N3S/c1-2-7-4(6)8-3-5/h3,5H,2H2,1H3,(H2,6,7). The van der Waals surface area contributed by atoms with Gasteiger partial charge in [0.2, 0.25) is 0 Å². The highest BCUT2D eigenvalue weighted by Gasteiger charge is 1.83. The average molecular weight is 131 g/mol. The molecule has 4 heteroatoms. The van der Waals surface area contributed by atoms with Gasteiger partial charge in [-0.15, -0.1) is 0 Å².